The van der Waals surface area contributed by atoms with Crippen molar-refractivity contribution in [2.24, 2.45) is 0 Å². The van der Waals surface area contributed by atoms with Crippen LogP contribution in [-0.4, -0.2) is 54.1 Å². The van der Waals surface area contributed by atoms with E-state index in [0.717, 1.165) is 0 Å². The molecule has 0 aromatic heterocycles. The molecule has 0 spiro atoms. The maximum Gasteiger partial charge on any atom is 0.492 e. The predicted molar refractivity (Wildman–Crippen MR) is 206 cm³/mol. The van der Waals surface area contributed by atoms with E-state index in [2.05, 4.69) is 27.7 Å². The minimum absolute atomic E-state index is 0.164. The third-order valence-corrected chi connectivity index (χ3v) is 14.2. The first-order valence-electron chi connectivity index (χ1n) is 19.2. The molecule has 0 aliphatic heterocycles. The first-order valence-corrected chi connectivity index (χ1v) is 21.7. The van der Waals surface area contributed by atoms with Crippen LogP contribution < -0.4 is 14.3 Å². The maximum absolute atomic E-state index is 11.8. The molecule has 0 unspecified atom stereocenters. The van der Waals surface area contributed by atoms with Crippen molar-refractivity contribution in [3.63, 3.8) is 0 Å². The number of carboxylic acid groups (broad SMARTS) is 2. The molecule has 276 valence electrons. The van der Waals surface area contributed by atoms with Gasteiger partial charge in [0.15, 0.2) is 0 Å². The Morgan fingerprint density at radius 3 is 1.18 bits per heavy atom. The Labute approximate surface area is 299 Å². The Balaban J connectivity index is 0.000000498. The summed E-state index contributed by atoms with van der Waals surface area (Å²) in [5.41, 5.74) is -0.392. The topological polar surface area (TPSA) is 116 Å². The number of rotatable bonds is 28. The molecule has 2 aromatic carbocycles. The quantitative estimate of drug-likeness (QED) is 0.0515. The second-order valence-corrected chi connectivity index (χ2v) is 17.8. The van der Waals surface area contributed by atoms with Crippen molar-refractivity contribution < 1.29 is 34.1 Å². The highest BCUT2D eigenvalue weighted by Gasteiger charge is 2.34. The minimum Gasteiger partial charge on any atom is -0.808 e. The Morgan fingerprint density at radius 2 is 0.837 bits per heavy atom. The molecule has 0 aliphatic rings. The molecule has 0 fully saturated rings. The van der Waals surface area contributed by atoms with Crippen molar-refractivity contribution in [1.82, 2.24) is 0 Å². The zero-order chi connectivity index (χ0) is 36.2. The first-order chi connectivity index (χ1) is 23.7. The van der Waals surface area contributed by atoms with Gasteiger partial charge in [0.1, 0.15) is 11.5 Å². The average Bonchev–Trinajstić information content (AvgIpc) is 3.09. The highest BCUT2D eigenvalue weighted by Crippen LogP contribution is 2.61. The molecule has 0 atom stereocenters. The van der Waals surface area contributed by atoms with Gasteiger partial charge in [-0.05, 0) is 56.4 Å². The summed E-state index contributed by atoms with van der Waals surface area (Å²) in [6.45, 7) is 9.47. The number of carbonyl (C=O) groups is 2. The molecule has 2 aromatic rings. The van der Waals surface area contributed by atoms with Gasteiger partial charge in [-0.3, -0.25) is 0 Å². The molecule has 0 saturated heterocycles. The number of benzene rings is 2. The van der Waals surface area contributed by atoms with Gasteiger partial charge in [-0.25, -0.2) is 9.59 Å². The lowest BCUT2D eigenvalue weighted by Gasteiger charge is -2.28. The van der Waals surface area contributed by atoms with Crippen LogP contribution in [0.25, 0.3) is 0 Å². The van der Waals surface area contributed by atoms with Gasteiger partial charge in [0.2, 0.25) is 0 Å². The lowest BCUT2D eigenvalue weighted by atomic mass is 10.1. The summed E-state index contributed by atoms with van der Waals surface area (Å²) >= 11 is 0. The molecule has 7 nitrogen and oxygen atoms in total. The molecule has 0 bridgehead atoms. The van der Waals surface area contributed by atoms with Gasteiger partial charge in [-0.2, -0.15) is 0 Å². The summed E-state index contributed by atoms with van der Waals surface area (Å²) in [6.07, 6.45) is 33.0. The fourth-order valence-electron chi connectivity index (χ4n) is 6.16. The fraction of sp³-hybridized carbons (Fsp3) is 0.650. The van der Waals surface area contributed by atoms with Crippen LogP contribution in [0.4, 0.5) is 0 Å². The van der Waals surface area contributed by atoms with E-state index in [4.69, 9.17) is 19.5 Å². The molecule has 2 rings (SSSR count). The summed E-state index contributed by atoms with van der Waals surface area (Å²) in [4.78, 5) is 22.0. The van der Waals surface area contributed by atoms with Gasteiger partial charge in [-0.1, -0.05) is 135 Å². The molecule has 2 N–H and O–H groups in total. The van der Waals surface area contributed by atoms with Gasteiger partial charge in [0.25, 0.3) is 0 Å². The van der Waals surface area contributed by atoms with E-state index in [1.807, 2.05) is 0 Å². The molecule has 0 heterocycles. The molecule has 49 heavy (non-hydrogen) atoms. The van der Waals surface area contributed by atoms with Crippen LogP contribution in [-0.2, 0) is 0 Å². The van der Waals surface area contributed by atoms with Crippen LogP contribution in [0.1, 0.15) is 164 Å². The number of aromatic carboxylic acids is 2. The Bertz CT molecular complexity index is 1060. The fourth-order valence-corrected chi connectivity index (χ4v) is 11.4. The zero-order valence-corrected chi connectivity index (χ0v) is 32.0. The molecule has 0 saturated carbocycles. The minimum atomic E-state index is -2.11. The third-order valence-electron chi connectivity index (χ3n) is 9.13. The third kappa shape index (κ3) is 20.0. The lowest BCUT2D eigenvalue weighted by Crippen LogP contribution is -2.44. The number of hydrogen-bond donors (Lipinski definition) is 2. The summed E-state index contributed by atoms with van der Waals surface area (Å²) in [7, 11) is -2.74. The Hall–Kier alpha value is -2.57. The van der Waals surface area contributed by atoms with Gasteiger partial charge >= 0.3 is 19.3 Å². The molecule has 0 radical (unpaired) electrons. The number of unbranched alkanes of at least 4 members (excludes halogenated alkanes) is 14. The van der Waals surface area contributed by atoms with Crippen molar-refractivity contribution in [3.05, 3.63) is 59.7 Å². The Kier molecular flexibility index (Phi) is 25.6. The average molecular weight is 701 g/mol. The van der Waals surface area contributed by atoms with Crippen LogP contribution in [0.3, 0.4) is 0 Å². The van der Waals surface area contributed by atoms with E-state index >= 15 is 0 Å². The van der Waals surface area contributed by atoms with Gasteiger partial charge in [0, 0.05) is 7.26 Å². The summed E-state index contributed by atoms with van der Waals surface area (Å²) < 4.78 is 9.79. The van der Waals surface area contributed by atoms with Crippen LogP contribution in [0.5, 0.6) is 11.5 Å². The second-order valence-electron chi connectivity index (χ2n) is 13.3. The first kappa shape index (κ1) is 44.5. The zero-order valence-electron chi connectivity index (χ0n) is 31.1. The predicted octanol–water partition coefficient (Wildman–Crippen LogP) is 11.0. The lowest BCUT2D eigenvalue weighted by molar-refractivity contribution is -0.235. The monoisotopic (exact) mass is 700 g/mol. The summed E-state index contributed by atoms with van der Waals surface area (Å²) in [5, 5.41) is 29.8. The van der Waals surface area contributed by atoms with E-state index < -0.39 is 26.5 Å². The molecular formula is C40H66BO7P. The van der Waals surface area contributed by atoms with Crippen LogP contribution in [0.2, 0.25) is 0 Å². The highest BCUT2D eigenvalue weighted by molar-refractivity contribution is 7.75. The smallest absolute Gasteiger partial charge is 0.492 e. The number of carboxylic acids is 2. The van der Waals surface area contributed by atoms with Crippen LogP contribution in [0, 0.1) is 0 Å². The van der Waals surface area contributed by atoms with E-state index in [-0.39, 0.29) is 22.6 Å². The summed E-state index contributed by atoms with van der Waals surface area (Å²) in [6, 6.07) is 11.1. The largest absolute Gasteiger partial charge is 0.808 e. The van der Waals surface area contributed by atoms with Crippen molar-refractivity contribution in [2.45, 2.75) is 143 Å². The van der Waals surface area contributed by atoms with Crippen LogP contribution >= 0.6 is 7.26 Å². The van der Waals surface area contributed by atoms with Gasteiger partial charge in [-0.15, -0.1) is 0 Å². The summed E-state index contributed by atoms with van der Waals surface area (Å²) in [5.74, 6) is -2.84. The van der Waals surface area contributed by atoms with Crippen molar-refractivity contribution in [1.29, 1.82) is 0 Å². The van der Waals surface area contributed by atoms with Crippen molar-refractivity contribution >= 4 is 26.5 Å². The Morgan fingerprint density at radius 1 is 0.531 bits per heavy atom. The van der Waals surface area contributed by atoms with Gasteiger partial charge < -0.3 is 24.5 Å². The van der Waals surface area contributed by atoms with E-state index in [1.165, 1.54) is 158 Å². The number of hydrogen-bond acceptors (Lipinski definition) is 5. The normalized spacial score (nSPS) is 11.0. The molecular weight excluding hydrogens is 634 g/mol. The van der Waals surface area contributed by atoms with E-state index in [0.29, 0.717) is 0 Å². The van der Waals surface area contributed by atoms with E-state index in [1.54, 1.807) is 31.1 Å². The van der Waals surface area contributed by atoms with Gasteiger partial charge in [0.05, 0.1) is 35.8 Å². The van der Waals surface area contributed by atoms with Crippen molar-refractivity contribution in [2.75, 3.05) is 24.6 Å². The van der Waals surface area contributed by atoms with Crippen molar-refractivity contribution in [3.8, 4) is 11.5 Å². The van der Waals surface area contributed by atoms with E-state index in [9.17, 15) is 14.6 Å². The molecule has 0 aliphatic carbocycles. The number of para-hydroxylation sites is 2. The SMILES string of the molecule is CCCCCCCCCCCCCC[P+](CCCC)(CCCC)CCCC.O=C(O)c1ccccc1OB([O-])Oc1ccccc1C(=O)O. The standard InChI is InChI=1S/C26H56P.C14H10BO7/c1-5-9-13-14-15-16-17-18-19-20-21-22-26-27(23-10-6-2,24-11-7-3)25-12-8-4;16-13(17)9-5-1-3-7-11(9)21-15(20)22-12-8-4-2-6-10(12)14(18)19/h5-26H2,1-4H3;1-8H,(H,16,17)(H,18,19)/q+1;-1. The van der Waals surface area contributed by atoms with Crippen LogP contribution in [0.15, 0.2) is 48.5 Å². The molecule has 0 amide bonds. The second kappa shape index (κ2) is 28.2. The maximum atomic E-state index is 11.8. The highest BCUT2D eigenvalue weighted by atomic mass is 31.2. The molecule has 9 heteroatoms.